The molecule has 7 heteroatoms. The maximum absolute atomic E-state index is 12.9. The molecule has 1 aliphatic rings. The summed E-state index contributed by atoms with van der Waals surface area (Å²) in [4.78, 5) is 30.0. The second kappa shape index (κ2) is 8.04. The van der Waals surface area contributed by atoms with Crippen molar-refractivity contribution in [3.05, 3.63) is 72.2 Å². The molecule has 1 fully saturated rings. The van der Waals surface area contributed by atoms with Gasteiger partial charge in [-0.15, -0.1) is 0 Å². The van der Waals surface area contributed by atoms with E-state index in [2.05, 4.69) is 25.2 Å². The molecule has 1 aliphatic heterocycles. The number of piperazine rings is 1. The van der Waals surface area contributed by atoms with Gasteiger partial charge < -0.3 is 15.1 Å². The van der Waals surface area contributed by atoms with Crippen LogP contribution < -0.4 is 10.2 Å². The summed E-state index contributed by atoms with van der Waals surface area (Å²) in [7, 11) is 0. The summed E-state index contributed by atoms with van der Waals surface area (Å²) < 4.78 is 0. The van der Waals surface area contributed by atoms with Crippen LogP contribution in [0, 0.1) is 6.92 Å². The number of carbonyl (C=O) groups is 1. The van der Waals surface area contributed by atoms with Gasteiger partial charge in [0.15, 0.2) is 0 Å². The van der Waals surface area contributed by atoms with Gasteiger partial charge >= 0.3 is 0 Å². The van der Waals surface area contributed by atoms with Crippen LogP contribution in [0.3, 0.4) is 0 Å². The molecule has 1 saturated heterocycles. The molecule has 7 nitrogen and oxygen atoms in total. The maximum atomic E-state index is 12.9. The molecule has 2 aromatic heterocycles. The summed E-state index contributed by atoms with van der Waals surface area (Å²) >= 11 is 0. The molecule has 1 N–H and O–H groups in total. The fourth-order valence-corrected chi connectivity index (χ4v) is 3.21. The summed E-state index contributed by atoms with van der Waals surface area (Å²) in [5.74, 6) is 1.30. The number of para-hydroxylation sites is 1. The summed E-state index contributed by atoms with van der Waals surface area (Å²) in [6, 6.07) is 15.4. The first-order valence-corrected chi connectivity index (χ1v) is 9.32. The van der Waals surface area contributed by atoms with Crippen LogP contribution in [0.1, 0.15) is 16.1 Å². The van der Waals surface area contributed by atoms with E-state index in [0.29, 0.717) is 24.7 Å². The van der Waals surface area contributed by atoms with Gasteiger partial charge in [0.05, 0.1) is 0 Å². The molecule has 28 heavy (non-hydrogen) atoms. The van der Waals surface area contributed by atoms with Gasteiger partial charge in [0.25, 0.3) is 5.91 Å². The number of carbonyl (C=O) groups excluding carboxylic acids is 1. The first kappa shape index (κ1) is 17.9. The fraction of sp³-hybridized carbons (Fsp3) is 0.238. The molecule has 1 aromatic carbocycles. The number of hydrogen-bond donors (Lipinski definition) is 1. The number of hydrogen-bond acceptors (Lipinski definition) is 6. The Balaban J connectivity index is 1.42. The minimum atomic E-state index is -0.0732. The molecule has 0 saturated carbocycles. The Hall–Kier alpha value is -3.48. The van der Waals surface area contributed by atoms with Gasteiger partial charge in [-0.1, -0.05) is 24.3 Å². The van der Waals surface area contributed by atoms with Crippen molar-refractivity contribution in [2.75, 3.05) is 36.4 Å². The quantitative estimate of drug-likeness (QED) is 0.757. The number of pyridine rings is 1. The van der Waals surface area contributed by atoms with Gasteiger partial charge in [0.2, 0.25) is 5.95 Å². The minimum absolute atomic E-state index is 0.0732. The lowest BCUT2D eigenvalue weighted by Crippen LogP contribution is -2.49. The Labute approximate surface area is 164 Å². The molecule has 1 amide bonds. The third-order valence-electron chi connectivity index (χ3n) is 4.81. The molecule has 0 unspecified atom stereocenters. The largest absolute Gasteiger partial charge is 0.353 e. The lowest BCUT2D eigenvalue weighted by molar-refractivity contribution is 0.0740. The lowest BCUT2D eigenvalue weighted by Gasteiger charge is -2.35. The number of amides is 1. The molecule has 4 rings (SSSR count). The second-order valence-electron chi connectivity index (χ2n) is 6.67. The van der Waals surface area contributed by atoms with Gasteiger partial charge in [-0.05, 0) is 36.8 Å². The third kappa shape index (κ3) is 3.93. The van der Waals surface area contributed by atoms with Crippen molar-refractivity contribution in [3.63, 3.8) is 0 Å². The van der Waals surface area contributed by atoms with E-state index in [1.54, 1.807) is 18.5 Å². The maximum Gasteiger partial charge on any atom is 0.272 e. The molecule has 0 atom stereocenters. The lowest BCUT2D eigenvalue weighted by atomic mass is 10.2. The van der Waals surface area contributed by atoms with Crippen molar-refractivity contribution in [2.24, 2.45) is 0 Å². The Morgan fingerprint density at radius 1 is 0.929 bits per heavy atom. The van der Waals surface area contributed by atoms with Crippen molar-refractivity contribution >= 4 is 23.4 Å². The molecule has 3 aromatic rings. The number of rotatable bonds is 4. The van der Waals surface area contributed by atoms with E-state index in [1.165, 1.54) is 0 Å². The van der Waals surface area contributed by atoms with E-state index in [-0.39, 0.29) is 5.91 Å². The van der Waals surface area contributed by atoms with E-state index in [1.807, 2.05) is 54.3 Å². The molecule has 3 heterocycles. The van der Waals surface area contributed by atoms with Crippen LogP contribution in [0.4, 0.5) is 17.5 Å². The van der Waals surface area contributed by atoms with E-state index < -0.39 is 0 Å². The first-order chi connectivity index (χ1) is 13.7. The second-order valence-corrected chi connectivity index (χ2v) is 6.67. The molecule has 0 aliphatic carbocycles. The normalized spacial score (nSPS) is 14.0. The Kier molecular flexibility index (Phi) is 5.14. The van der Waals surface area contributed by atoms with E-state index in [9.17, 15) is 4.79 Å². The Morgan fingerprint density at radius 2 is 1.71 bits per heavy atom. The number of benzene rings is 1. The zero-order valence-electron chi connectivity index (χ0n) is 15.7. The Bertz CT molecular complexity index is 954. The van der Waals surface area contributed by atoms with Crippen LogP contribution in [-0.4, -0.2) is 51.9 Å². The highest BCUT2D eigenvalue weighted by Crippen LogP contribution is 2.18. The van der Waals surface area contributed by atoms with Gasteiger partial charge in [-0.2, -0.15) is 0 Å². The average molecular weight is 374 g/mol. The molecular weight excluding hydrogens is 352 g/mol. The number of anilines is 3. The molecule has 142 valence electrons. The molecular formula is C21H22N6O. The average Bonchev–Trinajstić information content (AvgIpc) is 2.76. The number of aromatic nitrogens is 3. The molecule has 0 spiro atoms. The van der Waals surface area contributed by atoms with Crippen LogP contribution >= 0.6 is 0 Å². The minimum Gasteiger partial charge on any atom is -0.353 e. The smallest absolute Gasteiger partial charge is 0.272 e. The van der Waals surface area contributed by atoms with Crippen molar-refractivity contribution in [3.8, 4) is 0 Å². The fourth-order valence-electron chi connectivity index (χ4n) is 3.21. The summed E-state index contributed by atoms with van der Waals surface area (Å²) in [5.41, 5.74) is 2.42. The van der Waals surface area contributed by atoms with Gasteiger partial charge in [-0.3, -0.25) is 4.79 Å². The summed E-state index contributed by atoms with van der Waals surface area (Å²) in [6.45, 7) is 4.79. The third-order valence-corrected chi connectivity index (χ3v) is 4.81. The highest BCUT2D eigenvalue weighted by molar-refractivity contribution is 5.92. The zero-order chi connectivity index (χ0) is 19.3. The van der Waals surface area contributed by atoms with Crippen LogP contribution in [0.2, 0.25) is 0 Å². The predicted molar refractivity (Wildman–Crippen MR) is 109 cm³/mol. The predicted octanol–water partition coefficient (Wildman–Crippen LogP) is 2.89. The van der Waals surface area contributed by atoms with E-state index >= 15 is 0 Å². The van der Waals surface area contributed by atoms with Crippen molar-refractivity contribution < 1.29 is 4.79 Å². The van der Waals surface area contributed by atoms with Gasteiger partial charge in [0, 0.05) is 44.3 Å². The SMILES string of the molecule is Cc1ccccc1Nc1nccc(C(=O)N2CCN(c3ccccn3)CC2)n1. The summed E-state index contributed by atoms with van der Waals surface area (Å²) in [6.07, 6.45) is 3.40. The highest BCUT2D eigenvalue weighted by Gasteiger charge is 2.23. The summed E-state index contributed by atoms with van der Waals surface area (Å²) in [5, 5.41) is 3.19. The van der Waals surface area contributed by atoms with E-state index in [4.69, 9.17) is 0 Å². The standard InChI is InChI=1S/C21H22N6O/c1-16-6-2-3-7-17(16)24-21-23-11-9-18(25-21)20(28)27-14-12-26(13-15-27)19-8-4-5-10-22-19/h2-11H,12-15H2,1H3,(H,23,24,25). The van der Waals surface area contributed by atoms with Crippen molar-refractivity contribution in [1.29, 1.82) is 0 Å². The van der Waals surface area contributed by atoms with Crippen LogP contribution in [0.15, 0.2) is 60.9 Å². The highest BCUT2D eigenvalue weighted by atomic mass is 16.2. The van der Waals surface area contributed by atoms with Crippen LogP contribution in [0.25, 0.3) is 0 Å². The first-order valence-electron chi connectivity index (χ1n) is 9.32. The van der Waals surface area contributed by atoms with Crippen LogP contribution in [-0.2, 0) is 0 Å². The zero-order valence-corrected chi connectivity index (χ0v) is 15.7. The number of nitrogens with zero attached hydrogens (tertiary/aromatic N) is 5. The van der Waals surface area contributed by atoms with E-state index in [0.717, 1.165) is 30.2 Å². The van der Waals surface area contributed by atoms with Gasteiger partial charge in [-0.25, -0.2) is 15.0 Å². The monoisotopic (exact) mass is 374 g/mol. The van der Waals surface area contributed by atoms with Crippen molar-refractivity contribution in [2.45, 2.75) is 6.92 Å². The molecule has 0 bridgehead atoms. The van der Waals surface area contributed by atoms with Gasteiger partial charge in [0.1, 0.15) is 11.5 Å². The van der Waals surface area contributed by atoms with Crippen LogP contribution in [0.5, 0.6) is 0 Å². The topological polar surface area (TPSA) is 74.2 Å². The number of aryl methyl sites for hydroxylation is 1. The number of nitrogens with one attached hydrogen (secondary N) is 1. The Morgan fingerprint density at radius 3 is 2.46 bits per heavy atom. The van der Waals surface area contributed by atoms with Crippen molar-refractivity contribution in [1.82, 2.24) is 19.9 Å². The molecule has 0 radical (unpaired) electrons.